The summed E-state index contributed by atoms with van der Waals surface area (Å²) in [6.45, 7) is 4.72. The van der Waals surface area contributed by atoms with Gasteiger partial charge in [-0.2, -0.15) is 0 Å². The minimum absolute atomic E-state index is 0.339. The number of para-hydroxylation sites is 1. The minimum atomic E-state index is 0.339. The van der Waals surface area contributed by atoms with E-state index in [0.29, 0.717) is 18.4 Å². The lowest BCUT2D eigenvalue weighted by Gasteiger charge is -2.38. The molecule has 0 aliphatic carbocycles. The number of likely N-dealkylation sites (tertiary alicyclic amines) is 1. The molecule has 0 saturated carbocycles. The average molecular weight is 301 g/mol. The van der Waals surface area contributed by atoms with Crippen molar-refractivity contribution in [2.24, 2.45) is 0 Å². The Morgan fingerprint density at radius 1 is 1.05 bits per heavy atom. The quantitative estimate of drug-likeness (QED) is 0.856. The number of amides is 1. The summed E-state index contributed by atoms with van der Waals surface area (Å²) < 4.78 is 0. The summed E-state index contributed by atoms with van der Waals surface area (Å²) in [7, 11) is 2.16. The number of carbonyl (C=O) groups is 1. The molecule has 1 amide bonds. The van der Waals surface area contributed by atoms with Crippen LogP contribution in [0.1, 0.15) is 25.7 Å². The molecule has 0 spiro atoms. The average Bonchev–Trinajstić information content (AvgIpc) is 2.58. The second kappa shape index (κ2) is 7.14. The first-order chi connectivity index (χ1) is 10.7. The Labute approximate surface area is 133 Å². The van der Waals surface area contributed by atoms with Crippen molar-refractivity contribution in [1.29, 1.82) is 0 Å². The molecule has 3 rings (SSSR count). The highest BCUT2D eigenvalue weighted by Crippen LogP contribution is 2.20. The second-order valence-corrected chi connectivity index (χ2v) is 6.54. The van der Waals surface area contributed by atoms with Crippen molar-refractivity contribution in [3.63, 3.8) is 0 Å². The molecule has 2 aliphatic heterocycles. The molecule has 0 aromatic heterocycles. The molecule has 0 radical (unpaired) electrons. The van der Waals surface area contributed by atoms with Crippen LogP contribution in [0.25, 0.3) is 0 Å². The number of piperazine rings is 1. The highest BCUT2D eigenvalue weighted by atomic mass is 16.2. The van der Waals surface area contributed by atoms with E-state index in [2.05, 4.69) is 46.0 Å². The lowest BCUT2D eigenvalue weighted by molar-refractivity contribution is -0.133. The van der Waals surface area contributed by atoms with Crippen LogP contribution in [-0.2, 0) is 4.79 Å². The molecule has 0 N–H and O–H groups in total. The van der Waals surface area contributed by atoms with E-state index >= 15 is 0 Å². The third-order valence-corrected chi connectivity index (χ3v) is 5.09. The van der Waals surface area contributed by atoms with Crippen molar-refractivity contribution in [2.75, 3.05) is 44.7 Å². The monoisotopic (exact) mass is 301 g/mol. The summed E-state index contributed by atoms with van der Waals surface area (Å²) in [4.78, 5) is 19.3. The zero-order valence-electron chi connectivity index (χ0n) is 13.6. The number of carbonyl (C=O) groups excluding carboxylic acids is 1. The lowest BCUT2D eigenvalue weighted by atomic mass is 9.99. The molecule has 2 fully saturated rings. The molecule has 1 unspecified atom stereocenters. The first kappa shape index (κ1) is 15.3. The van der Waals surface area contributed by atoms with Gasteiger partial charge in [0.15, 0.2) is 0 Å². The number of rotatable bonds is 3. The molecule has 2 saturated heterocycles. The molecule has 1 atom stereocenters. The zero-order valence-corrected chi connectivity index (χ0v) is 13.6. The van der Waals surface area contributed by atoms with Gasteiger partial charge in [-0.3, -0.25) is 4.79 Å². The Balaban J connectivity index is 1.49. The Morgan fingerprint density at radius 3 is 2.45 bits per heavy atom. The third kappa shape index (κ3) is 3.61. The van der Waals surface area contributed by atoms with Crippen molar-refractivity contribution in [2.45, 2.75) is 31.7 Å². The van der Waals surface area contributed by atoms with Crippen molar-refractivity contribution >= 4 is 11.6 Å². The minimum Gasteiger partial charge on any atom is -0.368 e. The summed E-state index contributed by atoms with van der Waals surface area (Å²) in [5.74, 6) is 0.339. The van der Waals surface area contributed by atoms with Crippen LogP contribution in [0, 0.1) is 0 Å². The van der Waals surface area contributed by atoms with E-state index < -0.39 is 0 Å². The summed E-state index contributed by atoms with van der Waals surface area (Å²) in [6, 6.07) is 10.9. The van der Waals surface area contributed by atoms with Gasteiger partial charge >= 0.3 is 0 Å². The van der Waals surface area contributed by atoms with Gasteiger partial charge in [-0.15, -0.1) is 0 Å². The smallest absolute Gasteiger partial charge is 0.224 e. The van der Waals surface area contributed by atoms with Crippen molar-refractivity contribution in [1.82, 2.24) is 9.80 Å². The Bertz CT molecular complexity index is 482. The van der Waals surface area contributed by atoms with E-state index in [-0.39, 0.29) is 0 Å². The Kier molecular flexibility index (Phi) is 4.98. The van der Waals surface area contributed by atoms with Crippen LogP contribution in [-0.4, -0.2) is 61.5 Å². The summed E-state index contributed by atoms with van der Waals surface area (Å²) >= 11 is 0. The zero-order chi connectivity index (χ0) is 15.4. The highest BCUT2D eigenvalue weighted by molar-refractivity contribution is 5.77. The first-order valence-corrected chi connectivity index (χ1v) is 8.52. The number of hydrogen-bond acceptors (Lipinski definition) is 3. The normalized spacial score (nSPS) is 23.6. The highest BCUT2D eigenvalue weighted by Gasteiger charge is 2.26. The van der Waals surface area contributed by atoms with E-state index in [9.17, 15) is 4.79 Å². The van der Waals surface area contributed by atoms with Crippen molar-refractivity contribution in [3.8, 4) is 0 Å². The maximum Gasteiger partial charge on any atom is 0.224 e. The molecular formula is C18H27N3O. The number of hydrogen-bond donors (Lipinski definition) is 0. The maximum absolute atomic E-state index is 12.5. The summed E-state index contributed by atoms with van der Waals surface area (Å²) in [5, 5.41) is 0. The van der Waals surface area contributed by atoms with Gasteiger partial charge in [0.1, 0.15) is 0 Å². The van der Waals surface area contributed by atoms with Crippen LogP contribution < -0.4 is 4.90 Å². The summed E-state index contributed by atoms with van der Waals surface area (Å²) in [6.07, 6.45) is 4.41. The number of anilines is 1. The van der Waals surface area contributed by atoms with Crippen LogP contribution in [0.5, 0.6) is 0 Å². The fourth-order valence-electron chi connectivity index (χ4n) is 3.59. The molecular weight excluding hydrogens is 274 g/mol. The van der Waals surface area contributed by atoms with E-state index in [4.69, 9.17) is 0 Å². The second-order valence-electron chi connectivity index (χ2n) is 6.54. The van der Waals surface area contributed by atoms with E-state index in [0.717, 1.165) is 32.7 Å². The summed E-state index contributed by atoms with van der Waals surface area (Å²) in [5.41, 5.74) is 1.27. The molecule has 0 bridgehead atoms. The maximum atomic E-state index is 12.5. The van der Waals surface area contributed by atoms with Crippen LogP contribution in [0.15, 0.2) is 30.3 Å². The van der Waals surface area contributed by atoms with Gasteiger partial charge in [0.2, 0.25) is 5.91 Å². The van der Waals surface area contributed by atoms with E-state index in [1.54, 1.807) is 0 Å². The molecule has 120 valence electrons. The van der Waals surface area contributed by atoms with Crippen LogP contribution in [0.2, 0.25) is 0 Å². The van der Waals surface area contributed by atoms with Crippen LogP contribution in [0.4, 0.5) is 5.69 Å². The van der Waals surface area contributed by atoms with E-state index in [1.807, 2.05) is 6.07 Å². The SMILES string of the molecule is CN1CCCCC1CC(=O)N1CCN(c2ccccc2)CC1. The first-order valence-electron chi connectivity index (χ1n) is 8.52. The fraction of sp³-hybridized carbons (Fsp3) is 0.611. The van der Waals surface area contributed by atoms with Gasteiger partial charge in [-0.05, 0) is 38.6 Å². The van der Waals surface area contributed by atoms with Gasteiger partial charge in [-0.25, -0.2) is 0 Å². The largest absolute Gasteiger partial charge is 0.368 e. The predicted molar refractivity (Wildman–Crippen MR) is 90.1 cm³/mol. The van der Waals surface area contributed by atoms with Crippen molar-refractivity contribution in [3.05, 3.63) is 30.3 Å². The van der Waals surface area contributed by atoms with Gasteiger partial charge in [0.25, 0.3) is 0 Å². The number of nitrogens with zero attached hydrogens (tertiary/aromatic N) is 3. The molecule has 1 aromatic carbocycles. The van der Waals surface area contributed by atoms with Crippen LogP contribution >= 0.6 is 0 Å². The molecule has 4 heteroatoms. The van der Waals surface area contributed by atoms with Gasteiger partial charge < -0.3 is 14.7 Å². The number of piperidine rings is 1. The van der Waals surface area contributed by atoms with Crippen molar-refractivity contribution < 1.29 is 4.79 Å². The standard InChI is InChI=1S/C18H27N3O/c1-19-10-6-5-9-17(19)15-18(22)21-13-11-20(12-14-21)16-7-3-2-4-8-16/h2-4,7-8,17H,5-6,9-15H2,1H3. The Hall–Kier alpha value is -1.55. The topological polar surface area (TPSA) is 26.8 Å². The Morgan fingerprint density at radius 2 is 1.77 bits per heavy atom. The van der Waals surface area contributed by atoms with E-state index in [1.165, 1.54) is 24.9 Å². The molecule has 2 heterocycles. The molecule has 4 nitrogen and oxygen atoms in total. The van der Waals surface area contributed by atoms with Gasteiger partial charge in [-0.1, -0.05) is 24.6 Å². The molecule has 2 aliphatic rings. The lowest BCUT2D eigenvalue weighted by Crippen LogP contribution is -2.50. The third-order valence-electron chi connectivity index (χ3n) is 5.09. The van der Waals surface area contributed by atoms with Gasteiger partial charge in [0, 0.05) is 44.3 Å². The number of benzene rings is 1. The fourth-order valence-corrected chi connectivity index (χ4v) is 3.59. The van der Waals surface area contributed by atoms with Crippen LogP contribution in [0.3, 0.4) is 0 Å². The predicted octanol–water partition coefficient (Wildman–Crippen LogP) is 2.21. The molecule has 22 heavy (non-hydrogen) atoms. The molecule has 1 aromatic rings. The van der Waals surface area contributed by atoms with Gasteiger partial charge in [0.05, 0.1) is 0 Å².